The van der Waals surface area contributed by atoms with Crippen molar-refractivity contribution in [2.75, 3.05) is 24.5 Å². The van der Waals surface area contributed by atoms with Crippen LogP contribution in [0.5, 0.6) is 5.75 Å². The molecule has 0 saturated carbocycles. The van der Waals surface area contributed by atoms with Crippen LogP contribution in [0.25, 0.3) is 0 Å². The fourth-order valence-corrected chi connectivity index (χ4v) is 6.27. The van der Waals surface area contributed by atoms with E-state index in [1.165, 1.54) is 29.6 Å². The van der Waals surface area contributed by atoms with Gasteiger partial charge in [0.2, 0.25) is 0 Å². The van der Waals surface area contributed by atoms with E-state index >= 15 is 0 Å². The van der Waals surface area contributed by atoms with E-state index in [1.54, 1.807) is 11.3 Å². The van der Waals surface area contributed by atoms with E-state index in [1.807, 2.05) is 36.6 Å². The van der Waals surface area contributed by atoms with Crippen molar-refractivity contribution in [2.24, 2.45) is 0 Å². The number of hydrogen-bond acceptors (Lipinski definition) is 6. The molecule has 0 unspecified atom stereocenters. The Hall–Kier alpha value is -2.91. The van der Waals surface area contributed by atoms with E-state index in [9.17, 15) is 13.2 Å². The number of carbonyl (C=O) groups is 1. The Labute approximate surface area is 198 Å². The Morgan fingerprint density at radius 1 is 1.21 bits per heavy atom. The summed E-state index contributed by atoms with van der Waals surface area (Å²) in [5, 5.41) is 6.02. The number of thiazole rings is 1. The number of anilines is 1. The number of hydrogen-bond donors (Lipinski definition) is 1. The van der Waals surface area contributed by atoms with Gasteiger partial charge < -0.3 is 10.1 Å². The van der Waals surface area contributed by atoms with E-state index in [-0.39, 0.29) is 16.4 Å². The van der Waals surface area contributed by atoms with Gasteiger partial charge in [-0.05, 0) is 62.4 Å². The predicted octanol–water partition coefficient (Wildman–Crippen LogP) is 3.96. The number of carbonyl (C=O) groups excluding carboxylic acids is 1. The van der Waals surface area contributed by atoms with E-state index in [0.717, 1.165) is 35.5 Å². The number of para-hydroxylation sites is 1. The van der Waals surface area contributed by atoms with Gasteiger partial charge in [-0.1, -0.05) is 18.2 Å². The van der Waals surface area contributed by atoms with Crippen molar-refractivity contribution in [3.8, 4) is 5.75 Å². The molecule has 7 nitrogen and oxygen atoms in total. The molecule has 1 N–H and O–H groups in total. The molecular formula is C24H27N3O4S2. The van der Waals surface area contributed by atoms with Crippen LogP contribution in [-0.4, -0.2) is 39.5 Å². The second-order valence-corrected chi connectivity index (χ2v) is 10.7. The van der Waals surface area contributed by atoms with Crippen LogP contribution in [0.2, 0.25) is 0 Å². The molecule has 174 valence electrons. The summed E-state index contributed by atoms with van der Waals surface area (Å²) in [5.41, 5.74) is 2.93. The lowest BCUT2D eigenvalue weighted by Gasteiger charge is -2.20. The molecule has 1 amide bonds. The van der Waals surface area contributed by atoms with E-state index in [0.29, 0.717) is 30.9 Å². The molecule has 2 heterocycles. The maximum absolute atomic E-state index is 13.4. The third kappa shape index (κ3) is 5.04. The van der Waals surface area contributed by atoms with Gasteiger partial charge in [0.05, 0.1) is 28.3 Å². The van der Waals surface area contributed by atoms with Gasteiger partial charge in [0.25, 0.3) is 15.9 Å². The number of fused-ring (bicyclic) bond motifs is 1. The Bertz CT molecular complexity index is 1250. The van der Waals surface area contributed by atoms with Crippen molar-refractivity contribution in [3.63, 3.8) is 0 Å². The number of amides is 1. The highest BCUT2D eigenvalue weighted by Crippen LogP contribution is 2.33. The quantitative estimate of drug-likeness (QED) is 0.464. The number of nitrogens with zero attached hydrogens (tertiary/aromatic N) is 2. The first kappa shape index (κ1) is 23.3. The maximum Gasteiger partial charge on any atom is 0.264 e. The molecule has 0 saturated heterocycles. The van der Waals surface area contributed by atoms with Crippen molar-refractivity contribution < 1.29 is 17.9 Å². The lowest BCUT2D eigenvalue weighted by molar-refractivity contribution is 0.0949. The monoisotopic (exact) mass is 485 g/mol. The Morgan fingerprint density at radius 3 is 2.79 bits per heavy atom. The van der Waals surface area contributed by atoms with Crippen molar-refractivity contribution in [1.82, 2.24) is 10.3 Å². The van der Waals surface area contributed by atoms with Crippen LogP contribution in [0.1, 0.15) is 39.5 Å². The summed E-state index contributed by atoms with van der Waals surface area (Å²) >= 11 is 1.65. The van der Waals surface area contributed by atoms with Crippen LogP contribution in [0.15, 0.2) is 52.7 Å². The number of ether oxygens (including phenoxy) is 1. The molecule has 0 bridgehead atoms. The largest absolute Gasteiger partial charge is 0.496 e. The molecule has 3 aromatic rings. The smallest absolute Gasteiger partial charge is 0.264 e. The Kier molecular flexibility index (Phi) is 6.99. The topological polar surface area (TPSA) is 88.6 Å². The Morgan fingerprint density at radius 2 is 2.03 bits per heavy atom. The molecule has 1 aromatic heterocycles. The first-order valence-corrected chi connectivity index (χ1v) is 13.2. The van der Waals surface area contributed by atoms with Gasteiger partial charge in [-0.3, -0.25) is 9.10 Å². The van der Waals surface area contributed by atoms with Crippen molar-refractivity contribution in [3.05, 3.63) is 69.7 Å². The van der Waals surface area contributed by atoms with Gasteiger partial charge in [-0.2, -0.15) is 0 Å². The number of methoxy groups -OCH3 is 1. The first-order valence-electron chi connectivity index (χ1n) is 10.9. The number of rotatable bonds is 9. The van der Waals surface area contributed by atoms with E-state index in [2.05, 4.69) is 10.3 Å². The number of nitrogens with one attached hydrogen (secondary N) is 1. The molecule has 0 aliphatic carbocycles. The molecule has 1 aliphatic rings. The van der Waals surface area contributed by atoms with Crippen LogP contribution >= 0.6 is 11.3 Å². The lowest BCUT2D eigenvalue weighted by atomic mass is 10.2. The molecule has 1 aliphatic heterocycles. The normalized spacial score (nSPS) is 13.1. The summed E-state index contributed by atoms with van der Waals surface area (Å²) in [7, 11) is -2.33. The van der Waals surface area contributed by atoms with Crippen LogP contribution in [0.3, 0.4) is 0 Å². The zero-order valence-corrected chi connectivity index (χ0v) is 20.3. The molecule has 9 heteroatoms. The average molecular weight is 486 g/mol. The second-order valence-electron chi connectivity index (χ2n) is 7.91. The van der Waals surface area contributed by atoms with Crippen LogP contribution in [-0.2, 0) is 22.9 Å². The van der Waals surface area contributed by atoms with Gasteiger partial charge in [0, 0.05) is 24.2 Å². The van der Waals surface area contributed by atoms with Crippen molar-refractivity contribution in [1.29, 1.82) is 0 Å². The van der Waals surface area contributed by atoms with Gasteiger partial charge in [0.1, 0.15) is 5.75 Å². The summed E-state index contributed by atoms with van der Waals surface area (Å²) in [6.07, 6.45) is 3.25. The molecule has 0 spiro atoms. The number of sulfonamides is 1. The minimum Gasteiger partial charge on any atom is -0.496 e. The molecule has 4 rings (SSSR count). The van der Waals surface area contributed by atoms with Crippen LogP contribution in [0.4, 0.5) is 5.69 Å². The lowest BCUT2D eigenvalue weighted by Crippen LogP contribution is -2.30. The summed E-state index contributed by atoms with van der Waals surface area (Å²) in [4.78, 5) is 17.4. The molecule has 0 fully saturated rings. The minimum absolute atomic E-state index is 0.0734. The van der Waals surface area contributed by atoms with Gasteiger partial charge in [-0.25, -0.2) is 13.4 Å². The van der Waals surface area contributed by atoms with Crippen molar-refractivity contribution >= 4 is 33.0 Å². The molecule has 0 atom stereocenters. The fraction of sp³-hybridized carbons (Fsp3) is 0.333. The van der Waals surface area contributed by atoms with E-state index in [4.69, 9.17) is 4.74 Å². The number of aromatic nitrogens is 1. The van der Waals surface area contributed by atoms with Crippen LogP contribution in [0, 0.1) is 6.92 Å². The predicted molar refractivity (Wildman–Crippen MR) is 130 cm³/mol. The van der Waals surface area contributed by atoms with Crippen LogP contribution < -0.4 is 14.4 Å². The zero-order valence-electron chi connectivity index (χ0n) is 18.7. The number of benzene rings is 2. The van der Waals surface area contributed by atoms with Gasteiger partial charge in [-0.15, -0.1) is 11.3 Å². The number of aryl methyl sites for hydroxylation is 2. The summed E-state index contributed by atoms with van der Waals surface area (Å²) in [6.45, 7) is 2.85. The number of unbranched alkanes of at least 4 members (excludes halogenated alkanes) is 1. The SMILES string of the molecule is COc1ccc(S(=O)(=O)N2CCc3ccccc32)cc1C(=O)NCCCCc1nc(C)cs1. The molecule has 2 aromatic carbocycles. The molecule has 0 radical (unpaired) electrons. The highest BCUT2D eigenvalue weighted by atomic mass is 32.2. The second kappa shape index (κ2) is 9.93. The minimum atomic E-state index is -3.80. The summed E-state index contributed by atoms with van der Waals surface area (Å²) in [5.74, 6) is -0.0117. The molecule has 33 heavy (non-hydrogen) atoms. The fourth-order valence-electron chi connectivity index (χ4n) is 3.93. The molecular weight excluding hydrogens is 458 g/mol. The first-order chi connectivity index (χ1) is 15.9. The Balaban J connectivity index is 1.44. The highest BCUT2D eigenvalue weighted by molar-refractivity contribution is 7.92. The van der Waals surface area contributed by atoms with Crippen molar-refractivity contribution in [2.45, 2.75) is 37.5 Å². The standard InChI is InChI=1S/C24H27N3O4S2/c1-17-16-32-23(26-17)9-5-6-13-25-24(28)20-15-19(10-11-22(20)31-2)33(29,30)27-14-12-18-7-3-4-8-21(18)27/h3-4,7-8,10-11,15-16H,5-6,9,12-14H2,1-2H3,(H,25,28). The summed E-state index contributed by atoms with van der Waals surface area (Å²) in [6, 6.07) is 11.9. The third-order valence-electron chi connectivity index (χ3n) is 5.62. The zero-order chi connectivity index (χ0) is 23.4. The van der Waals surface area contributed by atoms with E-state index < -0.39 is 10.0 Å². The highest BCUT2D eigenvalue weighted by Gasteiger charge is 2.31. The average Bonchev–Trinajstić information content (AvgIpc) is 3.44. The maximum atomic E-state index is 13.4. The van der Waals surface area contributed by atoms with Gasteiger partial charge >= 0.3 is 0 Å². The summed E-state index contributed by atoms with van der Waals surface area (Å²) < 4.78 is 33.4. The van der Waals surface area contributed by atoms with Gasteiger partial charge in [0.15, 0.2) is 0 Å². The third-order valence-corrected chi connectivity index (χ3v) is 8.45.